The maximum atomic E-state index is 11.3. The second-order valence-electron chi connectivity index (χ2n) is 5.54. The Hall–Kier alpha value is -2.86. The Labute approximate surface area is 155 Å². The average Bonchev–Trinajstić information content (AvgIpc) is 2.94. The van der Waals surface area contributed by atoms with Crippen molar-refractivity contribution in [3.05, 3.63) is 36.5 Å². The van der Waals surface area contributed by atoms with Gasteiger partial charge < -0.3 is 13.1 Å². The van der Waals surface area contributed by atoms with Gasteiger partial charge in [0, 0.05) is 17.7 Å². The summed E-state index contributed by atoms with van der Waals surface area (Å²) in [6, 6.07) is 7.41. The fourth-order valence-corrected chi connectivity index (χ4v) is 3.16. The van der Waals surface area contributed by atoms with E-state index >= 15 is 0 Å². The van der Waals surface area contributed by atoms with Gasteiger partial charge in [0.15, 0.2) is 5.65 Å². The van der Waals surface area contributed by atoms with Crippen LogP contribution in [0.5, 0.6) is 17.4 Å². The molecule has 1 aromatic carbocycles. The van der Waals surface area contributed by atoms with Crippen LogP contribution in [0, 0.1) is 0 Å². The lowest BCUT2D eigenvalue weighted by Crippen LogP contribution is -2.08. The molecule has 0 unspecified atom stereocenters. The molecule has 10 nitrogen and oxygen atoms in total. The number of methoxy groups -OCH3 is 1. The first kappa shape index (κ1) is 18.9. The number of ether oxygens (including phenoxy) is 1. The van der Waals surface area contributed by atoms with Crippen molar-refractivity contribution in [1.29, 1.82) is 0 Å². The summed E-state index contributed by atoms with van der Waals surface area (Å²) in [4.78, 5) is 4.39. The number of imidazole rings is 1. The molecule has 2 aromatic heterocycles. The topological polar surface area (TPSA) is 126 Å². The zero-order valence-electron chi connectivity index (χ0n) is 14.5. The van der Waals surface area contributed by atoms with Crippen LogP contribution in [0.4, 0.5) is 0 Å². The third kappa shape index (κ3) is 4.65. The molecule has 0 aliphatic carbocycles. The van der Waals surface area contributed by atoms with Gasteiger partial charge in [0.2, 0.25) is 0 Å². The number of fused-ring (bicyclic) bond motifs is 1. The van der Waals surface area contributed by atoms with Gasteiger partial charge in [0.05, 0.1) is 31.5 Å². The van der Waals surface area contributed by atoms with E-state index in [2.05, 4.69) is 10.1 Å². The molecule has 0 radical (unpaired) electrons. The van der Waals surface area contributed by atoms with Crippen LogP contribution < -0.4 is 13.1 Å². The predicted octanol–water partition coefficient (Wildman–Crippen LogP) is 1.08. The number of aromatic nitrogens is 3. The van der Waals surface area contributed by atoms with Crippen molar-refractivity contribution < 1.29 is 29.9 Å². The zero-order chi connectivity index (χ0) is 19.8. The van der Waals surface area contributed by atoms with E-state index in [0.29, 0.717) is 22.7 Å². The minimum Gasteiger partial charge on any atom is -0.496 e. The lowest BCUT2D eigenvalue weighted by molar-refractivity contribution is 0.413. The Morgan fingerprint density at radius 3 is 2.30 bits per heavy atom. The van der Waals surface area contributed by atoms with Crippen LogP contribution >= 0.6 is 0 Å². The molecule has 2 heterocycles. The Morgan fingerprint density at radius 2 is 1.67 bits per heavy atom. The van der Waals surface area contributed by atoms with Crippen LogP contribution in [0.2, 0.25) is 0 Å². The van der Waals surface area contributed by atoms with Crippen LogP contribution in [-0.2, 0) is 20.2 Å². The smallest absolute Gasteiger partial charge is 0.307 e. The van der Waals surface area contributed by atoms with E-state index in [-0.39, 0.29) is 11.6 Å². The SMILES string of the molecule is COc1cc(OS(C)(=O)=O)ccc1-c1cn2nc(OS(C)(=O)=O)ccc2n1. The molecular weight excluding hydrogens is 398 g/mol. The monoisotopic (exact) mass is 413 g/mol. The van der Waals surface area contributed by atoms with Crippen LogP contribution in [0.1, 0.15) is 0 Å². The molecule has 0 amide bonds. The highest BCUT2D eigenvalue weighted by molar-refractivity contribution is 7.86. The van der Waals surface area contributed by atoms with E-state index in [4.69, 9.17) is 13.1 Å². The quantitative estimate of drug-likeness (QED) is 0.546. The summed E-state index contributed by atoms with van der Waals surface area (Å²) in [5.74, 6) is 0.341. The van der Waals surface area contributed by atoms with Gasteiger partial charge in [-0.2, -0.15) is 16.8 Å². The van der Waals surface area contributed by atoms with Gasteiger partial charge >= 0.3 is 20.2 Å². The van der Waals surface area contributed by atoms with E-state index in [1.54, 1.807) is 18.3 Å². The molecule has 0 saturated carbocycles. The first-order valence-corrected chi connectivity index (χ1v) is 11.0. The highest BCUT2D eigenvalue weighted by Crippen LogP contribution is 2.33. The maximum absolute atomic E-state index is 11.3. The molecule has 0 spiro atoms. The third-order valence-corrected chi connectivity index (χ3v) is 4.20. The van der Waals surface area contributed by atoms with Crippen molar-refractivity contribution in [1.82, 2.24) is 14.6 Å². The summed E-state index contributed by atoms with van der Waals surface area (Å²) in [5.41, 5.74) is 1.49. The zero-order valence-corrected chi connectivity index (χ0v) is 16.1. The third-order valence-electron chi connectivity index (χ3n) is 3.23. The number of hydrogen-bond donors (Lipinski definition) is 0. The summed E-state index contributed by atoms with van der Waals surface area (Å²) >= 11 is 0. The molecule has 27 heavy (non-hydrogen) atoms. The Morgan fingerprint density at radius 1 is 0.963 bits per heavy atom. The normalized spacial score (nSPS) is 12.1. The molecule has 0 aliphatic rings. The second-order valence-corrected chi connectivity index (χ2v) is 8.69. The van der Waals surface area contributed by atoms with Gasteiger partial charge in [-0.25, -0.2) is 9.50 Å². The summed E-state index contributed by atoms with van der Waals surface area (Å²) < 4.78 is 61.2. The fraction of sp³-hybridized carbons (Fsp3) is 0.200. The van der Waals surface area contributed by atoms with Crippen LogP contribution in [0.15, 0.2) is 36.5 Å². The molecule has 12 heteroatoms. The van der Waals surface area contributed by atoms with Crippen molar-refractivity contribution in [2.75, 3.05) is 19.6 Å². The Balaban J connectivity index is 2.01. The molecule has 0 saturated heterocycles. The number of benzene rings is 1. The molecular formula is C15H15N3O7S2. The predicted molar refractivity (Wildman–Crippen MR) is 95.9 cm³/mol. The fourth-order valence-electron chi connectivity index (χ4n) is 2.30. The van der Waals surface area contributed by atoms with Gasteiger partial charge in [0.1, 0.15) is 11.5 Å². The van der Waals surface area contributed by atoms with Crippen molar-refractivity contribution in [2.24, 2.45) is 0 Å². The summed E-state index contributed by atoms with van der Waals surface area (Å²) in [6.45, 7) is 0. The minimum absolute atomic E-state index is 0.0992. The first-order chi connectivity index (χ1) is 12.5. The van der Waals surface area contributed by atoms with Crippen LogP contribution in [0.3, 0.4) is 0 Å². The highest BCUT2D eigenvalue weighted by atomic mass is 32.2. The first-order valence-electron chi connectivity index (χ1n) is 7.38. The van der Waals surface area contributed by atoms with Gasteiger partial charge in [-0.15, -0.1) is 5.10 Å². The van der Waals surface area contributed by atoms with E-state index < -0.39 is 20.2 Å². The summed E-state index contributed by atoms with van der Waals surface area (Å²) in [5, 5.41) is 4.04. The van der Waals surface area contributed by atoms with Gasteiger partial charge in [-0.1, -0.05) is 0 Å². The molecule has 0 N–H and O–H groups in total. The summed E-state index contributed by atoms with van der Waals surface area (Å²) in [6.07, 6.45) is 3.42. The van der Waals surface area contributed by atoms with E-state index in [9.17, 15) is 16.8 Å². The number of rotatable bonds is 6. The lowest BCUT2D eigenvalue weighted by Gasteiger charge is -2.09. The molecule has 0 atom stereocenters. The average molecular weight is 413 g/mol. The van der Waals surface area contributed by atoms with E-state index in [1.165, 1.54) is 29.8 Å². The van der Waals surface area contributed by atoms with Gasteiger partial charge in [0.25, 0.3) is 5.88 Å². The minimum atomic E-state index is -3.70. The largest absolute Gasteiger partial charge is 0.496 e. The van der Waals surface area contributed by atoms with E-state index in [1.807, 2.05) is 0 Å². The maximum Gasteiger partial charge on any atom is 0.307 e. The van der Waals surface area contributed by atoms with Crippen LogP contribution in [-0.4, -0.2) is 51.1 Å². The highest BCUT2D eigenvalue weighted by Gasteiger charge is 2.15. The number of nitrogens with zero attached hydrogens (tertiary/aromatic N) is 3. The Kier molecular flexibility index (Phi) is 4.70. The molecule has 0 fully saturated rings. The molecule has 3 rings (SSSR count). The van der Waals surface area contributed by atoms with Crippen LogP contribution in [0.25, 0.3) is 16.9 Å². The summed E-state index contributed by atoms with van der Waals surface area (Å²) in [7, 11) is -5.94. The molecule has 0 bridgehead atoms. The molecule has 0 aliphatic heterocycles. The van der Waals surface area contributed by atoms with Crippen molar-refractivity contribution in [3.8, 4) is 28.6 Å². The Bertz CT molecular complexity index is 1220. The van der Waals surface area contributed by atoms with Crippen molar-refractivity contribution in [3.63, 3.8) is 0 Å². The van der Waals surface area contributed by atoms with Crippen molar-refractivity contribution in [2.45, 2.75) is 0 Å². The van der Waals surface area contributed by atoms with Gasteiger partial charge in [-0.3, -0.25) is 0 Å². The lowest BCUT2D eigenvalue weighted by atomic mass is 10.1. The second kappa shape index (κ2) is 6.70. The molecule has 3 aromatic rings. The van der Waals surface area contributed by atoms with Crippen molar-refractivity contribution >= 4 is 25.9 Å². The number of hydrogen-bond acceptors (Lipinski definition) is 9. The molecule has 144 valence electrons. The van der Waals surface area contributed by atoms with Gasteiger partial charge in [-0.05, 0) is 18.2 Å². The van der Waals surface area contributed by atoms with E-state index in [0.717, 1.165) is 12.5 Å². The standard InChI is InChI=1S/C15H15N3O7S2/c1-23-13-8-10(24-26(2,19)20)4-5-11(13)12-9-18-14(16-12)6-7-15(17-18)25-27(3,21)22/h4-9H,1-3H3.